The minimum absolute atomic E-state index is 0.0285. The van der Waals surface area contributed by atoms with Crippen LogP contribution in [-0.2, 0) is 9.53 Å². The van der Waals surface area contributed by atoms with Gasteiger partial charge in [-0.05, 0) is 72.6 Å². The van der Waals surface area contributed by atoms with Crippen LogP contribution in [0.1, 0.15) is 71.2 Å². The number of likely N-dealkylation sites (tertiary alicyclic amines) is 2. The van der Waals surface area contributed by atoms with Crippen molar-refractivity contribution in [3.63, 3.8) is 0 Å². The van der Waals surface area contributed by atoms with Gasteiger partial charge in [0.25, 0.3) is 5.91 Å². The van der Waals surface area contributed by atoms with Gasteiger partial charge in [-0.25, -0.2) is 23.5 Å². The number of hydrogen-bond donors (Lipinski definition) is 0. The molecule has 0 radical (unpaired) electrons. The lowest BCUT2D eigenvalue weighted by molar-refractivity contribution is -0.138. The number of carbonyl (C=O) groups is 3. The Morgan fingerprint density at radius 2 is 1.83 bits per heavy atom. The number of nitrogens with zero attached hydrogens (tertiary/aromatic N) is 6. The molecule has 46 heavy (non-hydrogen) atoms. The van der Waals surface area contributed by atoms with Gasteiger partial charge in [0.1, 0.15) is 35.7 Å². The predicted molar refractivity (Wildman–Crippen MR) is 167 cm³/mol. The van der Waals surface area contributed by atoms with E-state index in [1.807, 2.05) is 20.8 Å². The second-order valence-electron chi connectivity index (χ2n) is 13.8. The molecule has 3 aliphatic heterocycles. The van der Waals surface area contributed by atoms with Crippen LogP contribution in [0.25, 0.3) is 0 Å². The Bertz CT molecular complexity index is 1450. The highest BCUT2D eigenvalue weighted by Crippen LogP contribution is 2.45. The largest absolute Gasteiger partial charge is 0.451 e. The maximum atomic E-state index is 14.4. The van der Waals surface area contributed by atoms with Crippen LogP contribution in [-0.4, -0.2) is 106 Å². The summed E-state index contributed by atoms with van der Waals surface area (Å²) in [5, 5.41) is 0. The summed E-state index contributed by atoms with van der Waals surface area (Å²) in [5.74, 6) is 0.0141. The third-order valence-corrected chi connectivity index (χ3v) is 8.93. The van der Waals surface area contributed by atoms with E-state index >= 15 is 0 Å². The van der Waals surface area contributed by atoms with Gasteiger partial charge in [0.2, 0.25) is 5.91 Å². The fourth-order valence-electron chi connectivity index (χ4n) is 6.58. The van der Waals surface area contributed by atoms with Crippen LogP contribution >= 0.6 is 0 Å². The summed E-state index contributed by atoms with van der Waals surface area (Å²) in [5.41, 5.74) is -0.670. The molecule has 250 valence electrons. The average Bonchev–Trinajstić information content (AvgIpc) is 3.38. The van der Waals surface area contributed by atoms with Crippen LogP contribution in [0.5, 0.6) is 11.5 Å². The standard InChI is InChI=1S/C33H44F2N6O5/c1-7-40(21(2)3)29(42)24-14-22(34)8-9-26(24)45-27-16-36-20-37-28(27)39-18-33(19-39)10-12-38(13-11-33)30(43)25-15-23(35)17-41(25)31(44)46-32(4,5)6/h8-9,14,16,20-21,23,25H,7,10-13,15,17-19H2,1-6H3/t23-,25+/m1/s1. The summed E-state index contributed by atoms with van der Waals surface area (Å²) < 4.78 is 40.3. The van der Waals surface area contributed by atoms with E-state index in [2.05, 4.69) is 14.9 Å². The molecule has 0 unspecified atom stereocenters. The first-order chi connectivity index (χ1) is 21.7. The highest BCUT2D eigenvalue weighted by Gasteiger charge is 2.49. The third-order valence-electron chi connectivity index (χ3n) is 8.93. The van der Waals surface area contributed by atoms with E-state index in [9.17, 15) is 23.2 Å². The van der Waals surface area contributed by atoms with E-state index in [1.54, 1.807) is 30.6 Å². The van der Waals surface area contributed by atoms with Gasteiger partial charge < -0.3 is 24.2 Å². The van der Waals surface area contributed by atoms with Gasteiger partial charge in [-0.3, -0.25) is 14.5 Å². The first kappa shape index (κ1) is 33.3. The molecule has 0 N–H and O–H groups in total. The Kier molecular flexibility index (Phi) is 9.42. The van der Waals surface area contributed by atoms with Gasteiger partial charge in [-0.15, -0.1) is 0 Å². The van der Waals surface area contributed by atoms with Gasteiger partial charge in [0.15, 0.2) is 11.6 Å². The summed E-state index contributed by atoms with van der Waals surface area (Å²) in [6.07, 6.45) is 2.48. The van der Waals surface area contributed by atoms with Crippen LogP contribution in [0, 0.1) is 11.2 Å². The molecule has 3 fully saturated rings. The second-order valence-corrected chi connectivity index (χ2v) is 13.8. The van der Waals surface area contributed by atoms with Crippen LogP contribution in [0.15, 0.2) is 30.7 Å². The molecule has 13 heteroatoms. The number of rotatable bonds is 7. The van der Waals surface area contributed by atoms with E-state index in [-0.39, 0.29) is 47.5 Å². The Morgan fingerprint density at radius 1 is 1.13 bits per heavy atom. The number of amides is 3. The molecule has 5 rings (SSSR count). The third kappa shape index (κ3) is 7.02. The zero-order chi connectivity index (χ0) is 33.4. The molecular weight excluding hydrogens is 598 g/mol. The zero-order valence-electron chi connectivity index (χ0n) is 27.5. The predicted octanol–water partition coefficient (Wildman–Crippen LogP) is 5.05. The molecule has 3 amide bonds. The molecule has 0 aliphatic carbocycles. The Hall–Kier alpha value is -4.03. The lowest BCUT2D eigenvalue weighted by Gasteiger charge is -2.54. The van der Waals surface area contributed by atoms with Crippen molar-refractivity contribution in [1.82, 2.24) is 24.7 Å². The highest BCUT2D eigenvalue weighted by atomic mass is 19.1. The molecule has 2 aromatic rings. The van der Waals surface area contributed by atoms with Crippen LogP contribution in [0.2, 0.25) is 0 Å². The van der Waals surface area contributed by atoms with E-state index in [1.165, 1.54) is 35.6 Å². The van der Waals surface area contributed by atoms with Crippen molar-refractivity contribution in [3.8, 4) is 11.5 Å². The van der Waals surface area contributed by atoms with Gasteiger partial charge in [-0.1, -0.05) is 0 Å². The van der Waals surface area contributed by atoms with Crippen molar-refractivity contribution >= 4 is 23.7 Å². The molecule has 4 heterocycles. The number of aromatic nitrogens is 2. The summed E-state index contributed by atoms with van der Waals surface area (Å²) in [4.78, 5) is 54.8. The van der Waals surface area contributed by atoms with E-state index in [0.29, 0.717) is 44.3 Å². The average molecular weight is 643 g/mol. The van der Waals surface area contributed by atoms with Gasteiger partial charge in [0, 0.05) is 50.6 Å². The summed E-state index contributed by atoms with van der Waals surface area (Å²) in [6.45, 7) is 13.5. The number of benzene rings is 1. The van der Waals surface area contributed by atoms with Crippen molar-refractivity contribution < 1.29 is 32.6 Å². The number of hydrogen-bond acceptors (Lipinski definition) is 8. The molecule has 0 bridgehead atoms. The van der Waals surface area contributed by atoms with Crippen LogP contribution in [0.4, 0.5) is 19.4 Å². The Balaban J connectivity index is 1.23. The lowest BCUT2D eigenvalue weighted by Crippen LogP contribution is -2.62. The number of anilines is 1. The maximum Gasteiger partial charge on any atom is 0.411 e. The SMILES string of the molecule is CCN(C(=O)c1cc(F)ccc1Oc1cncnc1N1CC2(CCN(C(=O)[C@@H]3C[C@@H](F)CN3C(=O)OC(C)(C)C)CC2)C1)C(C)C. The number of alkyl halides is 1. The van der Waals surface area contributed by atoms with Crippen LogP contribution < -0.4 is 9.64 Å². The molecule has 1 spiro atoms. The topological polar surface area (TPSA) is 108 Å². The number of ether oxygens (including phenoxy) is 2. The molecule has 2 atom stereocenters. The highest BCUT2D eigenvalue weighted by molar-refractivity contribution is 5.97. The van der Waals surface area contributed by atoms with Crippen molar-refractivity contribution in [3.05, 3.63) is 42.1 Å². The summed E-state index contributed by atoms with van der Waals surface area (Å²) >= 11 is 0. The molecule has 3 aliphatic rings. The second kappa shape index (κ2) is 13.0. The van der Waals surface area contributed by atoms with Crippen molar-refractivity contribution in [2.45, 2.75) is 84.7 Å². The first-order valence-corrected chi connectivity index (χ1v) is 16.0. The molecule has 0 saturated carbocycles. The zero-order valence-corrected chi connectivity index (χ0v) is 27.5. The Labute approximate surface area is 268 Å². The van der Waals surface area contributed by atoms with Gasteiger partial charge >= 0.3 is 6.09 Å². The van der Waals surface area contributed by atoms with E-state index in [4.69, 9.17) is 9.47 Å². The normalized spacial score (nSPS) is 20.9. The fourth-order valence-corrected chi connectivity index (χ4v) is 6.58. The van der Waals surface area contributed by atoms with E-state index < -0.39 is 29.7 Å². The molecule has 1 aromatic heterocycles. The number of piperidine rings is 1. The number of halogens is 2. The molecule has 1 aromatic carbocycles. The minimum Gasteiger partial charge on any atom is -0.451 e. The minimum atomic E-state index is -1.27. The molecule has 3 saturated heterocycles. The number of carbonyl (C=O) groups excluding carboxylic acids is 3. The Morgan fingerprint density at radius 3 is 2.46 bits per heavy atom. The first-order valence-electron chi connectivity index (χ1n) is 16.0. The quantitative estimate of drug-likeness (QED) is 0.413. The summed E-state index contributed by atoms with van der Waals surface area (Å²) in [6, 6.07) is 2.93. The molecular formula is C33H44F2N6O5. The maximum absolute atomic E-state index is 14.4. The summed E-state index contributed by atoms with van der Waals surface area (Å²) in [7, 11) is 0. The molecule has 11 nitrogen and oxygen atoms in total. The van der Waals surface area contributed by atoms with Gasteiger partial charge in [-0.2, -0.15) is 0 Å². The van der Waals surface area contributed by atoms with Crippen molar-refractivity contribution in [1.29, 1.82) is 0 Å². The smallest absolute Gasteiger partial charge is 0.411 e. The van der Waals surface area contributed by atoms with Gasteiger partial charge in [0.05, 0.1) is 18.3 Å². The van der Waals surface area contributed by atoms with Crippen LogP contribution in [0.3, 0.4) is 0 Å². The fraction of sp³-hybridized carbons (Fsp3) is 0.606. The van der Waals surface area contributed by atoms with Crippen molar-refractivity contribution in [2.24, 2.45) is 5.41 Å². The lowest BCUT2D eigenvalue weighted by atomic mass is 9.72. The van der Waals surface area contributed by atoms with Crippen molar-refractivity contribution in [2.75, 3.05) is 44.2 Å². The monoisotopic (exact) mass is 642 g/mol. The van der Waals surface area contributed by atoms with E-state index in [0.717, 1.165) is 12.8 Å².